The summed E-state index contributed by atoms with van der Waals surface area (Å²) in [6, 6.07) is 6.12. The lowest BCUT2D eigenvalue weighted by Crippen LogP contribution is -2.17. The molecule has 1 heterocycles. The number of primary sulfonamides is 1. The molecule has 3 N–H and O–H groups in total. The van der Waals surface area contributed by atoms with Crippen LogP contribution in [0.5, 0.6) is 0 Å². The Morgan fingerprint density at radius 1 is 1.35 bits per heavy atom. The molecule has 1 aromatic carbocycles. The Hall–Kier alpha value is -1.90. The SMILES string of the molecule is Cn1cc(S(N)(=O)=O)c(NC(=O)c2ccc(Cl)cc2)n1. The van der Waals surface area contributed by atoms with Crippen LogP contribution >= 0.6 is 11.6 Å². The largest absolute Gasteiger partial charge is 0.304 e. The third-order valence-electron chi connectivity index (χ3n) is 2.44. The third-order valence-corrected chi connectivity index (χ3v) is 3.60. The highest BCUT2D eigenvalue weighted by Crippen LogP contribution is 2.18. The molecule has 0 radical (unpaired) electrons. The molecule has 0 atom stereocenters. The molecule has 20 heavy (non-hydrogen) atoms. The van der Waals surface area contributed by atoms with Gasteiger partial charge in [0, 0.05) is 23.8 Å². The van der Waals surface area contributed by atoms with Crippen molar-refractivity contribution in [2.45, 2.75) is 4.90 Å². The van der Waals surface area contributed by atoms with Gasteiger partial charge < -0.3 is 5.32 Å². The fourth-order valence-electron chi connectivity index (χ4n) is 1.54. The summed E-state index contributed by atoms with van der Waals surface area (Å²) in [5, 5.41) is 11.8. The summed E-state index contributed by atoms with van der Waals surface area (Å²) in [6.45, 7) is 0. The topological polar surface area (TPSA) is 107 Å². The number of nitrogens with one attached hydrogen (secondary N) is 1. The summed E-state index contributed by atoms with van der Waals surface area (Å²) in [6.07, 6.45) is 1.22. The van der Waals surface area contributed by atoms with E-state index in [1.54, 1.807) is 12.1 Å². The van der Waals surface area contributed by atoms with Crippen molar-refractivity contribution in [2.24, 2.45) is 12.2 Å². The van der Waals surface area contributed by atoms with Gasteiger partial charge in [0.25, 0.3) is 5.91 Å². The zero-order chi connectivity index (χ0) is 14.9. The number of sulfonamides is 1. The zero-order valence-electron chi connectivity index (χ0n) is 10.4. The first-order valence-corrected chi connectivity index (χ1v) is 7.33. The van der Waals surface area contributed by atoms with E-state index in [9.17, 15) is 13.2 Å². The highest BCUT2D eigenvalue weighted by molar-refractivity contribution is 7.89. The lowest BCUT2D eigenvalue weighted by Gasteiger charge is -2.04. The lowest BCUT2D eigenvalue weighted by molar-refractivity contribution is 0.102. The number of rotatable bonds is 3. The number of aryl methyl sites for hydroxylation is 1. The number of hydrogen-bond donors (Lipinski definition) is 2. The minimum absolute atomic E-state index is 0.116. The van der Waals surface area contributed by atoms with Crippen molar-refractivity contribution in [1.29, 1.82) is 0 Å². The molecule has 2 aromatic rings. The molecule has 0 saturated carbocycles. The van der Waals surface area contributed by atoms with E-state index in [2.05, 4.69) is 10.4 Å². The molecule has 0 saturated heterocycles. The molecule has 0 spiro atoms. The molecule has 0 aliphatic heterocycles. The second-order valence-corrected chi connectivity index (χ2v) is 5.99. The average Bonchev–Trinajstić information content (AvgIpc) is 2.71. The highest BCUT2D eigenvalue weighted by atomic mass is 35.5. The minimum atomic E-state index is -3.97. The van der Waals surface area contributed by atoms with E-state index >= 15 is 0 Å². The summed E-state index contributed by atoms with van der Waals surface area (Å²) < 4.78 is 24.0. The minimum Gasteiger partial charge on any atom is -0.304 e. The van der Waals surface area contributed by atoms with Crippen LogP contribution in [0.15, 0.2) is 35.4 Å². The number of anilines is 1. The Balaban J connectivity index is 2.31. The molecule has 0 bridgehead atoms. The summed E-state index contributed by atoms with van der Waals surface area (Å²) in [7, 11) is -2.45. The number of aromatic nitrogens is 2. The molecular weight excluding hydrogens is 304 g/mol. The number of benzene rings is 1. The Morgan fingerprint density at radius 3 is 2.50 bits per heavy atom. The van der Waals surface area contributed by atoms with Crippen molar-refractivity contribution >= 4 is 33.3 Å². The second kappa shape index (κ2) is 5.23. The molecule has 0 aliphatic carbocycles. The Kier molecular flexibility index (Phi) is 3.80. The molecule has 0 aliphatic rings. The first-order valence-electron chi connectivity index (χ1n) is 5.41. The van der Waals surface area contributed by atoms with Gasteiger partial charge in [0.15, 0.2) is 5.82 Å². The molecule has 2 rings (SSSR count). The van der Waals surface area contributed by atoms with Crippen LogP contribution in [-0.4, -0.2) is 24.1 Å². The molecule has 1 amide bonds. The van der Waals surface area contributed by atoms with Gasteiger partial charge in [-0.15, -0.1) is 0 Å². The molecule has 1 aromatic heterocycles. The average molecular weight is 315 g/mol. The van der Waals surface area contributed by atoms with Gasteiger partial charge >= 0.3 is 0 Å². The predicted octanol–water partition coefficient (Wildman–Crippen LogP) is 0.973. The maximum atomic E-state index is 12.0. The van der Waals surface area contributed by atoms with Crippen LogP contribution in [0, 0.1) is 0 Å². The Morgan fingerprint density at radius 2 is 1.95 bits per heavy atom. The van der Waals surface area contributed by atoms with Crippen LogP contribution in [-0.2, 0) is 17.1 Å². The van der Waals surface area contributed by atoms with Gasteiger partial charge in [-0.25, -0.2) is 13.6 Å². The van der Waals surface area contributed by atoms with Crippen molar-refractivity contribution in [3.05, 3.63) is 41.0 Å². The van der Waals surface area contributed by atoms with E-state index in [-0.39, 0.29) is 10.7 Å². The summed E-state index contributed by atoms with van der Waals surface area (Å²) in [4.78, 5) is 11.7. The first-order chi connectivity index (χ1) is 9.27. The number of hydrogen-bond acceptors (Lipinski definition) is 4. The van der Waals surface area contributed by atoms with Crippen LogP contribution in [0.2, 0.25) is 5.02 Å². The number of carbonyl (C=O) groups is 1. The third kappa shape index (κ3) is 3.16. The van der Waals surface area contributed by atoms with E-state index in [1.807, 2.05) is 0 Å². The molecule has 0 unspecified atom stereocenters. The second-order valence-electron chi connectivity index (χ2n) is 4.02. The van der Waals surface area contributed by atoms with E-state index < -0.39 is 15.9 Å². The molecular formula is C11H11ClN4O3S. The molecule has 9 heteroatoms. The monoisotopic (exact) mass is 314 g/mol. The van der Waals surface area contributed by atoms with E-state index in [1.165, 1.54) is 30.1 Å². The van der Waals surface area contributed by atoms with Crippen molar-refractivity contribution in [2.75, 3.05) is 5.32 Å². The van der Waals surface area contributed by atoms with Crippen molar-refractivity contribution in [3.63, 3.8) is 0 Å². The van der Waals surface area contributed by atoms with Crippen molar-refractivity contribution in [3.8, 4) is 0 Å². The lowest BCUT2D eigenvalue weighted by atomic mass is 10.2. The number of carbonyl (C=O) groups excluding carboxylic acids is 1. The van der Waals surface area contributed by atoms with E-state index in [4.69, 9.17) is 16.7 Å². The fourth-order valence-corrected chi connectivity index (χ4v) is 2.33. The van der Waals surface area contributed by atoms with Gasteiger partial charge in [-0.1, -0.05) is 11.6 Å². The molecule has 106 valence electrons. The highest BCUT2D eigenvalue weighted by Gasteiger charge is 2.20. The normalized spacial score (nSPS) is 11.3. The van der Waals surface area contributed by atoms with Crippen LogP contribution in [0.1, 0.15) is 10.4 Å². The smallest absolute Gasteiger partial charge is 0.256 e. The Labute approximate surface area is 120 Å². The predicted molar refractivity (Wildman–Crippen MR) is 74.0 cm³/mol. The summed E-state index contributed by atoms with van der Waals surface area (Å²) in [5.74, 6) is -0.625. The van der Waals surface area contributed by atoms with E-state index in [0.29, 0.717) is 10.6 Å². The van der Waals surface area contributed by atoms with Crippen LogP contribution in [0.3, 0.4) is 0 Å². The standard InChI is InChI=1S/C11H11ClN4O3S/c1-16-6-9(20(13,18)19)10(15-16)14-11(17)7-2-4-8(12)5-3-7/h2-6H,1H3,(H2,13,18,19)(H,14,15,17). The van der Waals surface area contributed by atoms with Gasteiger partial charge in [0.1, 0.15) is 4.90 Å². The zero-order valence-corrected chi connectivity index (χ0v) is 11.9. The number of halogens is 1. The number of amides is 1. The molecule has 7 nitrogen and oxygen atoms in total. The maximum Gasteiger partial charge on any atom is 0.256 e. The van der Waals surface area contributed by atoms with Crippen molar-refractivity contribution in [1.82, 2.24) is 9.78 Å². The van der Waals surface area contributed by atoms with Crippen molar-refractivity contribution < 1.29 is 13.2 Å². The summed E-state index contributed by atoms with van der Waals surface area (Å²) in [5.41, 5.74) is 0.320. The maximum absolute atomic E-state index is 12.0. The van der Waals surface area contributed by atoms with Gasteiger partial charge in [0.05, 0.1) is 0 Å². The van der Waals surface area contributed by atoms with Crippen LogP contribution in [0.4, 0.5) is 5.82 Å². The summed E-state index contributed by atoms with van der Waals surface area (Å²) >= 11 is 5.72. The van der Waals surface area contributed by atoms with Gasteiger partial charge in [0.2, 0.25) is 10.0 Å². The fraction of sp³-hybridized carbons (Fsp3) is 0.0909. The van der Waals surface area contributed by atoms with Crippen LogP contribution in [0.25, 0.3) is 0 Å². The van der Waals surface area contributed by atoms with Gasteiger partial charge in [-0.05, 0) is 24.3 Å². The number of nitrogens with two attached hydrogens (primary N) is 1. The Bertz CT molecular complexity index is 752. The van der Waals surface area contributed by atoms with Gasteiger partial charge in [-0.3, -0.25) is 9.48 Å². The quantitative estimate of drug-likeness (QED) is 0.880. The number of nitrogens with zero attached hydrogens (tertiary/aromatic N) is 2. The van der Waals surface area contributed by atoms with E-state index in [0.717, 1.165) is 0 Å². The first kappa shape index (κ1) is 14.5. The molecule has 0 fully saturated rings. The van der Waals surface area contributed by atoms with Crippen LogP contribution < -0.4 is 10.5 Å². The van der Waals surface area contributed by atoms with Gasteiger partial charge in [-0.2, -0.15) is 5.10 Å².